The van der Waals surface area contributed by atoms with Crippen LogP contribution in [-0.4, -0.2) is 59.2 Å². The summed E-state index contributed by atoms with van der Waals surface area (Å²) in [7, 11) is 3.57. The number of hydrogen-bond acceptors (Lipinski definition) is 5. The predicted molar refractivity (Wildman–Crippen MR) is 74.8 cm³/mol. The van der Waals surface area contributed by atoms with Crippen molar-refractivity contribution in [2.75, 3.05) is 33.4 Å². The number of aliphatic hydroxyl groups excluding tert-OH is 1. The summed E-state index contributed by atoms with van der Waals surface area (Å²) < 4.78 is 6.91. The van der Waals surface area contributed by atoms with Gasteiger partial charge in [-0.3, -0.25) is 9.58 Å². The Kier molecular flexibility index (Phi) is 7.01. The fraction of sp³-hybridized carbons (Fsp3) is 0.769. The first kappa shape index (κ1) is 16.1. The quantitative estimate of drug-likeness (QED) is 0.667. The standard InChI is InChI=1S/C13H26N4O2/c1-4-12(14)13(11-9-15-16(2)10-11)17(5-7-18)6-8-19-3/h9-10,12-13,18H,4-8,14H2,1-3H3. The van der Waals surface area contributed by atoms with E-state index in [1.165, 1.54) is 0 Å². The van der Waals surface area contributed by atoms with Gasteiger partial charge in [0.1, 0.15) is 0 Å². The molecule has 2 atom stereocenters. The van der Waals surface area contributed by atoms with Gasteiger partial charge in [-0.1, -0.05) is 6.92 Å². The van der Waals surface area contributed by atoms with Crippen LogP contribution in [0.4, 0.5) is 0 Å². The van der Waals surface area contributed by atoms with Gasteiger partial charge in [-0.05, 0) is 6.42 Å². The van der Waals surface area contributed by atoms with Crippen molar-refractivity contribution in [2.24, 2.45) is 12.8 Å². The van der Waals surface area contributed by atoms with Crippen LogP contribution in [0.2, 0.25) is 0 Å². The summed E-state index contributed by atoms with van der Waals surface area (Å²) in [6, 6.07) is 0.0635. The molecule has 0 bridgehead atoms. The van der Waals surface area contributed by atoms with Gasteiger partial charge in [0.15, 0.2) is 0 Å². The average molecular weight is 270 g/mol. The van der Waals surface area contributed by atoms with Gasteiger partial charge in [0.05, 0.1) is 25.5 Å². The summed E-state index contributed by atoms with van der Waals surface area (Å²) >= 11 is 0. The molecule has 1 aromatic heterocycles. The fourth-order valence-corrected chi connectivity index (χ4v) is 2.27. The second-order valence-electron chi connectivity index (χ2n) is 4.72. The molecular formula is C13H26N4O2. The van der Waals surface area contributed by atoms with Crippen molar-refractivity contribution in [2.45, 2.75) is 25.4 Å². The van der Waals surface area contributed by atoms with E-state index in [2.05, 4.69) is 16.9 Å². The maximum Gasteiger partial charge on any atom is 0.0589 e. The van der Waals surface area contributed by atoms with Crippen molar-refractivity contribution in [3.8, 4) is 0 Å². The van der Waals surface area contributed by atoms with E-state index in [1.807, 2.05) is 19.4 Å². The Morgan fingerprint density at radius 3 is 2.74 bits per heavy atom. The first-order chi connectivity index (χ1) is 9.13. The predicted octanol–water partition coefficient (Wildman–Crippen LogP) is 0.139. The summed E-state index contributed by atoms with van der Waals surface area (Å²) in [4.78, 5) is 2.16. The van der Waals surface area contributed by atoms with E-state index >= 15 is 0 Å². The highest BCUT2D eigenvalue weighted by Gasteiger charge is 2.26. The first-order valence-corrected chi connectivity index (χ1v) is 6.72. The van der Waals surface area contributed by atoms with Gasteiger partial charge in [0.25, 0.3) is 0 Å². The normalized spacial score (nSPS) is 14.8. The molecule has 6 nitrogen and oxygen atoms in total. The number of aryl methyl sites for hydroxylation is 1. The Hall–Kier alpha value is -0.950. The highest BCUT2D eigenvalue weighted by atomic mass is 16.5. The maximum absolute atomic E-state index is 9.25. The summed E-state index contributed by atoms with van der Waals surface area (Å²) in [6.45, 7) is 4.12. The van der Waals surface area contributed by atoms with Gasteiger partial charge < -0.3 is 15.6 Å². The van der Waals surface area contributed by atoms with Gasteiger partial charge >= 0.3 is 0 Å². The van der Waals surface area contributed by atoms with E-state index in [0.29, 0.717) is 13.2 Å². The fourth-order valence-electron chi connectivity index (χ4n) is 2.27. The molecule has 19 heavy (non-hydrogen) atoms. The minimum atomic E-state index is 0.00704. The molecule has 0 spiro atoms. The van der Waals surface area contributed by atoms with E-state index in [9.17, 15) is 5.11 Å². The van der Waals surface area contributed by atoms with Crippen LogP contribution in [-0.2, 0) is 11.8 Å². The molecular weight excluding hydrogens is 244 g/mol. The number of methoxy groups -OCH3 is 1. The number of nitrogens with two attached hydrogens (primary N) is 1. The second-order valence-corrected chi connectivity index (χ2v) is 4.72. The Labute approximate surface area is 115 Å². The number of aromatic nitrogens is 2. The van der Waals surface area contributed by atoms with E-state index in [-0.39, 0.29) is 18.7 Å². The van der Waals surface area contributed by atoms with Crippen LogP contribution in [0.15, 0.2) is 12.4 Å². The lowest BCUT2D eigenvalue weighted by molar-refractivity contribution is 0.0899. The molecule has 1 rings (SSSR count). The molecule has 110 valence electrons. The monoisotopic (exact) mass is 270 g/mol. The summed E-state index contributed by atoms with van der Waals surface area (Å²) in [5.74, 6) is 0. The van der Waals surface area contributed by atoms with Crippen LogP contribution in [0.5, 0.6) is 0 Å². The summed E-state index contributed by atoms with van der Waals surface area (Å²) in [5.41, 5.74) is 7.34. The number of rotatable bonds is 9. The van der Waals surface area contributed by atoms with Gasteiger partial charge in [-0.2, -0.15) is 5.10 Å². The molecule has 6 heteroatoms. The molecule has 0 saturated carbocycles. The Morgan fingerprint density at radius 1 is 1.53 bits per heavy atom. The summed E-state index contributed by atoms with van der Waals surface area (Å²) in [5, 5.41) is 13.5. The van der Waals surface area contributed by atoms with Crippen LogP contribution in [0.3, 0.4) is 0 Å². The number of aliphatic hydroxyl groups is 1. The third-order valence-electron chi connectivity index (χ3n) is 3.31. The van der Waals surface area contributed by atoms with Crippen molar-refractivity contribution in [3.63, 3.8) is 0 Å². The van der Waals surface area contributed by atoms with Crippen LogP contribution in [0, 0.1) is 0 Å². The second kappa shape index (κ2) is 8.27. The third-order valence-corrected chi connectivity index (χ3v) is 3.31. The van der Waals surface area contributed by atoms with Crippen molar-refractivity contribution in [1.82, 2.24) is 14.7 Å². The van der Waals surface area contributed by atoms with Crippen molar-refractivity contribution < 1.29 is 9.84 Å². The molecule has 1 aromatic rings. The third kappa shape index (κ3) is 4.58. The van der Waals surface area contributed by atoms with Gasteiger partial charge in [-0.25, -0.2) is 0 Å². The molecule has 0 aromatic carbocycles. The van der Waals surface area contributed by atoms with Crippen LogP contribution in [0.1, 0.15) is 24.9 Å². The smallest absolute Gasteiger partial charge is 0.0589 e. The van der Waals surface area contributed by atoms with Gasteiger partial charge in [-0.15, -0.1) is 0 Å². The zero-order valence-electron chi connectivity index (χ0n) is 12.1. The SMILES string of the molecule is CCC(N)C(c1cnn(C)c1)N(CCO)CCOC. The minimum Gasteiger partial charge on any atom is -0.395 e. The highest BCUT2D eigenvalue weighted by Crippen LogP contribution is 2.24. The van der Waals surface area contributed by atoms with Crippen LogP contribution in [0.25, 0.3) is 0 Å². The zero-order valence-corrected chi connectivity index (χ0v) is 12.1. The molecule has 0 amide bonds. The van der Waals surface area contributed by atoms with Crippen LogP contribution >= 0.6 is 0 Å². The van der Waals surface area contributed by atoms with Crippen molar-refractivity contribution >= 4 is 0 Å². The summed E-state index contributed by atoms with van der Waals surface area (Å²) in [6.07, 6.45) is 4.70. The van der Waals surface area contributed by atoms with Crippen LogP contribution < -0.4 is 5.73 Å². The van der Waals surface area contributed by atoms with Crippen molar-refractivity contribution in [1.29, 1.82) is 0 Å². The van der Waals surface area contributed by atoms with Gasteiger partial charge in [0, 0.05) is 45.0 Å². The van der Waals surface area contributed by atoms with Gasteiger partial charge in [0.2, 0.25) is 0 Å². The lowest BCUT2D eigenvalue weighted by Crippen LogP contribution is -2.43. The Balaban J connectivity index is 2.91. The molecule has 3 N–H and O–H groups in total. The van der Waals surface area contributed by atoms with E-state index in [4.69, 9.17) is 10.5 Å². The van der Waals surface area contributed by atoms with Crippen molar-refractivity contribution in [3.05, 3.63) is 18.0 Å². The minimum absolute atomic E-state index is 0.00704. The Bertz CT molecular complexity index is 356. The first-order valence-electron chi connectivity index (χ1n) is 6.72. The number of ether oxygens (including phenoxy) is 1. The largest absolute Gasteiger partial charge is 0.395 e. The Morgan fingerprint density at radius 2 is 2.26 bits per heavy atom. The lowest BCUT2D eigenvalue weighted by Gasteiger charge is -2.34. The topological polar surface area (TPSA) is 76.5 Å². The number of nitrogens with zero attached hydrogens (tertiary/aromatic N) is 3. The molecule has 2 unspecified atom stereocenters. The molecule has 0 aliphatic heterocycles. The van der Waals surface area contributed by atoms with E-state index in [1.54, 1.807) is 11.8 Å². The zero-order chi connectivity index (χ0) is 14.3. The molecule has 0 fully saturated rings. The highest BCUT2D eigenvalue weighted by molar-refractivity contribution is 5.13. The molecule has 1 heterocycles. The van der Waals surface area contributed by atoms with E-state index in [0.717, 1.165) is 18.5 Å². The van der Waals surface area contributed by atoms with E-state index < -0.39 is 0 Å². The average Bonchev–Trinajstić information content (AvgIpc) is 2.82. The molecule has 0 saturated heterocycles. The molecule has 0 aliphatic carbocycles. The lowest BCUT2D eigenvalue weighted by atomic mass is 9.99. The molecule has 0 aliphatic rings. The number of hydrogen-bond donors (Lipinski definition) is 2. The maximum atomic E-state index is 9.25. The molecule has 0 radical (unpaired) electrons.